The Hall–Kier alpha value is -3.39. The monoisotopic (exact) mass is 430 g/mol. The lowest BCUT2D eigenvalue weighted by Crippen LogP contribution is -2.28. The summed E-state index contributed by atoms with van der Waals surface area (Å²) in [6, 6.07) is 11.0. The van der Waals surface area contributed by atoms with Crippen LogP contribution in [0.1, 0.15) is 27.1 Å². The molecule has 8 nitrogen and oxygen atoms in total. The molecule has 1 unspecified atom stereocenters. The fraction of sp³-hybridized carbons (Fsp3) is 0.238. The molecule has 0 spiro atoms. The number of esters is 2. The number of methoxy groups -OCH3 is 2. The van der Waals surface area contributed by atoms with Gasteiger partial charge in [0.15, 0.2) is 0 Å². The van der Waals surface area contributed by atoms with E-state index in [2.05, 4.69) is 14.8 Å². The number of carbonyl (C=O) groups excluding carboxylic acids is 4. The molecule has 0 radical (unpaired) electrons. The molecule has 0 saturated carbocycles. The molecule has 1 aliphatic heterocycles. The molecule has 2 amide bonds. The van der Waals surface area contributed by atoms with Crippen LogP contribution in [0.4, 0.5) is 11.4 Å². The van der Waals surface area contributed by atoms with Gasteiger partial charge in [0.25, 0.3) is 0 Å². The van der Waals surface area contributed by atoms with E-state index in [1.165, 1.54) is 37.3 Å². The van der Waals surface area contributed by atoms with Gasteiger partial charge >= 0.3 is 11.9 Å². The zero-order valence-electron chi connectivity index (χ0n) is 16.3. The molecule has 1 fully saturated rings. The Morgan fingerprint density at radius 2 is 1.63 bits per heavy atom. The van der Waals surface area contributed by atoms with Crippen molar-refractivity contribution in [2.24, 2.45) is 5.92 Å². The first-order valence-electron chi connectivity index (χ1n) is 9.01. The molecule has 2 aromatic carbocycles. The van der Waals surface area contributed by atoms with Gasteiger partial charge in [0.1, 0.15) is 0 Å². The molecule has 9 heteroatoms. The average molecular weight is 431 g/mol. The number of halogens is 1. The second-order valence-electron chi connectivity index (χ2n) is 6.63. The summed E-state index contributed by atoms with van der Waals surface area (Å²) >= 11 is 6.17. The molecule has 1 saturated heterocycles. The van der Waals surface area contributed by atoms with E-state index in [9.17, 15) is 19.2 Å². The van der Waals surface area contributed by atoms with Crippen LogP contribution in [-0.2, 0) is 19.1 Å². The number of carbonyl (C=O) groups is 4. The highest BCUT2D eigenvalue weighted by atomic mass is 35.5. The molecule has 30 heavy (non-hydrogen) atoms. The van der Waals surface area contributed by atoms with E-state index in [4.69, 9.17) is 11.6 Å². The Labute approximate surface area is 177 Å². The second kappa shape index (κ2) is 8.96. The van der Waals surface area contributed by atoms with E-state index >= 15 is 0 Å². The average Bonchev–Trinajstić information content (AvgIpc) is 3.14. The van der Waals surface area contributed by atoms with Crippen molar-refractivity contribution in [3.63, 3.8) is 0 Å². The van der Waals surface area contributed by atoms with Crippen molar-refractivity contribution in [3.05, 3.63) is 58.6 Å². The van der Waals surface area contributed by atoms with Gasteiger partial charge in [-0.25, -0.2) is 9.59 Å². The summed E-state index contributed by atoms with van der Waals surface area (Å²) in [4.78, 5) is 50.5. The Morgan fingerprint density at radius 1 is 1.03 bits per heavy atom. The molecule has 1 heterocycles. The van der Waals surface area contributed by atoms with Crippen LogP contribution in [0.25, 0.3) is 0 Å². The van der Waals surface area contributed by atoms with E-state index in [0.717, 1.165) is 0 Å². The number of benzene rings is 2. The second-order valence-corrected chi connectivity index (χ2v) is 7.04. The number of nitrogens with one attached hydrogen (secondary N) is 1. The Kier molecular flexibility index (Phi) is 6.37. The lowest BCUT2D eigenvalue weighted by molar-refractivity contribution is -0.122. The van der Waals surface area contributed by atoms with Crippen LogP contribution < -0.4 is 10.2 Å². The summed E-state index contributed by atoms with van der Waals surface area (Å²) in [5, 5.41) is 3.08. The van der Waals surface area contributed by atoms with Crippen molar-refractivity contribution in [3.8, 4) is 0 Å². The van der Waals surface area contributed by atoms with Gasteiger partial charge < -0.3 is 19.7 Å². The molecule has 1 atom stereocenters. The maximum absolute atomic E-state index is 12.8. The van der Waals surface area contributed by atoms with Crippen LogP contribution in [0, 0.1) is 5.92 Å². The zero-order chi connectivity index (χ0) is 21.8. The fourth-order valence-corrected chi connectivity index (χ4v) is 3.44. The smallest absolute Gasteiger partial charge is 0.337 e. The SMILES string of the molecule is COC(=O)c1cc(NC(=O)C2CC(=O)N(c3ccccc3Cl)C2)cc(C(=O)OC)c1. The van der Waals surface area contributed by atoms with E-state index in [-0.39, 0.29) is 35.7 Å². The van der Waals surface area contributed by atoms with Crippen molar-refractivity contribution in [1.82, 2.24) is 0 Å². The summed E-state index contributed by atoms with van der Waals surface area (Å²) in [5.74, 6) is -2.61. The van der Waals surface area contributed by atoms with Crippen molar-refractivity contribution in [1.29, 1.82) is 0 Å². The Morgan fingerprint density at radius 3 is 2.20 bits per heavy atom. The van der Waals surface area contributed by atoms with E-state index in [0.29, 0.717) is 10.7 Å². The highest BCUT2D eigenvalue weighted by Crippen LogP contribution is 2.31. The van der Waals surface area contributed by atoms with Crippen LogP contribution in [0.2, 0.25) is 5.02 Å². The molecule has 0 bridgehead atoms. The van der Waals surface area contributed by atoms with E-state index in [1.807, 2.05) is 0 Å². The van der Waals surface area contributed by atoms with Crippen LogP contribution >= 0.6 is 11.6 Å². The summed E-state index contributed by atoms with van der Waals surface area (Å²) in [6.45, 7) is 0.162. The van der Waals surface area contributed by atoms with Crippen LogP contribution in [-0.4, -0.2) is 44.5 Å². The number of hydrogen-bond acceptors (Lipinski definition) is 6. The molecule has 3 rings (SSSR count). The Bertz CT molecular complexity index is 988. The number of hydrogen-bond donors (Lipinski definition) is 1. The Balaban J connectivity index is 1.80. The van der Waals surface area contributed by atoms with Crippen LogP contribution in [0.15, 0.2) is 42.5 Å². The van der Waals surface area contributed by atoms with Gasteiger partial charge in [-0.15, -0.1) is 0 Å². The summed E-state index contributed by atoms with van der Waals surface area (Å²) in [7, 11) is 2.41. The minimum atomic E-state index is -0.669. The van der Waals surface area contributed by atoms with Crippen molar-refractivity contribution < 1.29 is 28.7 Å². The lowest BCUT2D eigenvalue weighted by atomic mass is 10.1. The predicted molar refractivity (Wildman–Crippen MR) is 110 cm³/mol. The third-order valence-corrected chi connectivity index (χ3v) is 5.00. The van der Waals surface area contributed by atoms with Gasteiger partial charge in [-0.1, -0.05) is 23.7 Å². The van der Waals surface area contributed by atoms with Crippen LogP contribution in [0.3, 0.4) is 0 Å². The van der Waals surface area contributed by atoms with Gasteiger partial charge in [0.05, 0.1) is 42.0 Å². The summed E-state index contributed by atoms with van der Waals surface area (Å²) in [5.41, 5.74) is 0.916. The van der Waals surface area contributed by atoms with Crippen molar-refractivity contribution in [2.45, 2.75) is 6.42 Å². The number of ether oxygens (including phenoxy) is 2. The molecule has 2 aromatic rings. The van der Waals surface area contributed by atoms with Crippen molar-refractivity contribution >= 4 is 46.7 Å². The largest absolute Gasteiger partial charge is 0.465 e. The molecular formula is C21H19ClN2O6. The third-order valence-electron chi connectivity index (χ3n) is 4.68. The fourth-order valence-electron chi connectivity index (χ4n) is 3.20. The third kappa shape index (κ3) is 4.44. The highest BCUT2D eigenvalue weighted by molar-refractivity contribution is 6.34. The van der Waals surface area contributed by atoms with Gasteiger partial charge in [0, 0.05) is 18.7 Å². The molecule has 1 aliphatic rings. The van der Waals surface area contributed by atoms with Crippen molar-refractivity contribution in [2.75, 3.05) is 31.0 Å². The van der Waals surface area contributed by atoms with E-state index in [1.54, 1.807) is 24.3 Å². The minimum Gasteiger partial charge on any atom is -0.465 e. The number of nitrogens with zero attached hydrogens (tertiary/aromatic N) is 1. The topological polar surface area (TPSA) is 102 Å². The van der Waals surface area contributed by atoms with Gasteiger partial charge in [-0.2, -0.15) is 0 Å². The normalized spacial score (nSPS) is 15.6. The molecule has 1 N–H and O–H groups in total. The predicted octanol–water partition coefficient (Wildman–Crippen LogP) is 2.90. The molecular weight excluding hydrogens is 412 g/mol. The van der Waals surface area contributed by atoms with Gasteiger partial charge in [0.2, 0.25) is 11.8 Å². The highest BCUT2D eigenvalue weighted by Gasteiger charge is 2.36. The number of amides is 2. The molecule has 0 aromatic heterocycles. The summed E-state index contributed by atoms with van der Waals surface area (Å²) in [6.07, 6.45) is 0.0115. The quantitative estimate of drug-likeness (QED) is 0.732. The first-order chi connectivity index (χ1) is 14.3. The van der Waals surface area contributed by atoms with Gasteiger partial charge in [-0.05, 0) is 30.3 Å². The lowest BCUT2D eigenvalue weighted by Gasteiger charge is -2.18. The zero-order valence-corrected chi connectivity index (χ0v) is 17.1. The molecule has 0 aliphatic carbocycles. The van der Waals surface area contributed by atoms with E-state index < -0.39 is 23.8 Å². The van der Waals surface area contributed by atoms with Gasteiger partial charge in [-0.3, -0.25) is 9.59 Å². The standard InChI is InChI=1S/C21H19ClN2O6/c1-29-20(27)12-7-13(21(28)30-2)9-15(8-12)23-19(26)14-10-18(25)24(11-14)17-6-4-3-5-16(17)22/h3-9,14H,10-11H2,1-2H3,(H,23,26). The number of rotatable bonds is 5. The number of para-hydroxylation sites is 1. The maximum atomic E-state index is 12.8. The first kappa shape index (κ1) is 21.3. The maximum Gasteiger partial charge on any atom is 0.337 e. The van der Waals surface area contributed by atoms with Crippen LogP contribution in [0.5, 0.6) is 0 Å². The minimum absolute atomic E-state index is 0.0115. The number of anilines is 2. The molecule has 156 valence electrons. The first-order valence-corrected chi connectivity index (χ1v) is 9.39. The summed E-state index contributed by atoms with van der Waals surface area (Å²) < 4.78 is 9.37.